The fourth-order valence-corrected chi connectivity index (χ4v) is 5.74. The first-order chi connectivity index (χ1) is 12.8. The molecule has 1 aliphatic rings. The number of piperidine rings is 1. The number of thiophene rings is 1. The minimum absolute atomic E-state index is 0.0416. The second kappa shape index (κ2) is 8.31. The third kappa shape index (κ3) is 4.37. The smallest absolute Gasteiger partial charge is 0.246 e. The maximum atomic E-state index is 12.5. The summed E-state index contributed by atoms with van der Waals surface area (Å²) in [7, 11) is -1.57. The fraction of sp³-hybridized carbons (Fsp3) is 0.421. The molecule has 5 nitrogen and oxygen atoms in total. The molecular formula is C19H23ClN2O3S2. The zero-order valence-electron chi connectivity index (χ0n) is 15.4. The first-order valence-electron chi connectivity index (χ1n) is 8.93. The van der Waals surface area contributed by atoms with Crippen molar-refractivity contribution in [3.8, 4) is 0 Å². The van der Waals surface area contributed by atoms with Gasteiger partial charge in [-0.2, -0.15) is 0 Å². The van der Waals surface area contributed by atoms with Crippen LogP contribution in [-0.2, 0) is 14.8 Å². The van der Waals surface area contributed by atoms with Gasteiger partial charge in [0.05, 0.1) is 10.8 Å². The van der Waals surface area contributed by atoms with Gasteiger partial charge in [-0.3, -0.25) is 4.79 Å². The van der Waals surface area contributed by atoms with E-state index in [4.69, 9.17) is 11.6 Å². The van der Waals surface area contributed by atoms with E-state index in [0.29, 0.717) is 31.0 Å². The van der Waals surface area contributed by atoms with Crippen LogP contribution in [0.4, 0.5) is 0 Å². The molecule has 8 heteroatoms. The SMILES string of the molecule is CCS(=O)(=O)N(C)C1CCN(C(=O)C=Cc2sc3ccccc3c2Cl)CC1. The lowest BCUT2D eigenvalue weighted by molar-refractivity contribution is -0.127. The van der Waals surface area contributed by atoms with Crippen molar-refractivity contribution >= 4 is 55.0 Å². The minimum atomic E-state index is -3.20. The summed E-state index contributed by atoms with van der Waals surface area (Å²) in [4.78, 5) is 15.1. The van der Waals surface area contributed by atoms with Crippen LogP contribution < -0.4 is 0 Å². The topological polar surface area (TPSA) is 57.7 Å². The van der Waals surface area contributed by atoms with Gasteiger partial charge >= 0.3 is 0 Å². The average Bonchev–Trinajstić information content (AvgIpc) is 3.01. The van der Waals surface area contributed by atoms with Crippen LogP contribution >= 0.6 is 22.9 Å². The zero-order chi connectivity index (χ0) is 19.6. The van der Waals surface area contributed by atoms with Crippen molar-refractivity contribution in [1.29, 1.82) is 0 Å². The minimum Gasteiger partial charge on any atom is -0.339 e. The van der Waals surface area contributed by atoms with Gasteiger partial charge in [-0.1, -0.05) is 29.8 Å². The molecule has 27 heavy (non-hydrogen) atoms. The molecule has 1 fully saturated rings. The summed E-state index contributed by atoms with van der Waals surface area (Å²) in [5.41, 5.74) is 0. The molecule has 0 atom stereocenters. The summed E-state index contributed by atoms with van der Waals surface area (Å²) < 4.78 is 26.6. The highest BCUT2D eigenvalue weighted by atomic mass is 35.5. The van der Waals surface area contributed by atoms with E-state index in [-0.39, 0.29) is 17.7 Å². The van der Waals surface area contributed by atoms with Crippen molar-refractivity contribution in [1.82, 2.24) is 9.21 Å². The molecule has 0 spiro atoms. The Morgan fingerprint density at radius 3 is 2.63 bits per heavy atom. The molecule has 0 aliphatic carbocycles. The van der Waals surface area contributed by atoms with E-state index in [1.54, 1.807) is 42.4 Å². The Hall–Kier alpha value is -1.41. The molecule has 1 aliphatic heterocycles. The molecule has 0 radical (unpaired) electrons. The number of likely N-dealkylation sites (tertiary alicyclic amines) is 1. The predicted molar refractivity (Wildman–Crippen MR) is 113 cm³/mol. The third-order valence-corrected chi connectivity index (χ3v) is 8.59. The number of rotatable bonds is 5. The number of hydrogen-bond acceptors (Lipinski definition) is 4. The largest absolute Gasteiger partial charge is 0.339 e. The molecule has 2 heterocycles. The number of fused-ring (bicyclic) bond motifs is 1. The molecule has 0 saturated carbocycles. The highest BCUT2D eigenvalue weighted by Gasteiger charge is 2.29. The molecule has 0 bridgehead atoms. The molecule has 3 rings (SSSR count). The molecule has 1 aromatic carbocycles. The Morgan fingerprint density at radius 2 is 2.00 bits per heavy atom. The lowest BCUT2D eigenvalue weighted by Gasteiger charge is -2.35. The normalized spacial score (nSPS) is 16.7. The van der Waals surface area contributed by atoms with Gasteiger partial charge in [-0.25, -0.2) is 12.7 Å². The zero-order valence-corrected chi connectivity index (χ0v) is 17.8. The van der Waals surface area contributed by atoms with Gasteiger partial charge in [0, 0.05) is 47.2 Å². The van der Waals surface area contributed by atoms with Gasteiger partial charge in [0.2, 0.25) is 15.9 Å². The standard InChI is InChI=1S/C19H23ClN2O3S2/c1-3-27(24,25)21(2)14-10-12-22(13-11-14)18(23)9-8-17-19(20)15-6-4-5-7-16(15)26-17/h4-9,14H,3,10-13H2,1-2H3. The van der Waals surface area contributed by atoms with Gasteiger partial charge in [0.1, 0.15) is 0 Å². The third-order valence-electron chi connectivity index (χ3n) is 5.03. The molecule has 0 N–H and O–H groups in total. The van der Waals surface area contributed by atoms with Crippen LogP contribution in [0.15, 0.2) is 30.3 Å². The van der Waals surface area contributed by atoms with Crippen molar-refractivity contribution in [2.45, 2.75) is 25.8 Å². The van der Waals surface area contributed by atoms with E-state index < -0.39 is 10.0 Å². The summed E-state index contributed by atoms with van der Waals surface area (Å²) >= 11 is 7.97. The molecule has 2 aromatic rings. The number of carbonyl (C=O) groups is 1. The van der Waals surface area contributed by atoms with Crippen LogP contribution in [0.1, 0.15) is 24.6 Å². The monoisotopic (exact) mass is 426 g/mol. The van der Waals surface area contributed by atoms with Crippen LogP contribution in [0.5, 0.6) is 0 Å². The Bertz CT molecular complexity index is 960. The Morgan fingerprint density at radius 1 is 1.33 bits per heavy atom. The first kappa shape index (κ1) is 20.3. The van der Waals surface area contributed by atoms with Crippen molar-refractivity contribution in [2.24, 2.45) is 0 Å². The first-order valence-corrected chi connectivity index (χ1v) is 11.7. The summed E-state index contributed by atoms with van der Waals surface area (Å²) in [5.74, 6) is 0.0318. The Labute approximate surface area is 169 Å². The second-order valence-corrected chi connectivity index (χ2v) is 10.4. The van der Waals surface area contributed by atoms with E-state index in [1.807, 2.05) is 24.3 Å². The van der Waals surface area contributed by atoms with Crippen LogP contribution in [0.25, 0.3) is 16.2 Å². The summed E-state index contributed by atoms with van der Waals surface area (Å²) in [5, 5.41) is 1.67. The number of amides is 1. The summed E-state index contributed by atoms with van der Waals surface area (Å²) in [6.07, 6.45) is 4.64. The van der Waals surface area contributed by atoms with Gasteiger partial charge in [-0.05, 0) is 31.9 Å². The molecule has 146 valence electrons. The van der Waals surface area contributed by atoms with Gasteiger partial charge < -0.3 is 4.90 Å². The molecule has 1 amide bonds. The van der Waals surface area contributed by atoms with E-state index in [2.05, 4.69) is 0 Å². The fourth-order valence-electron chi connectivity index (χ4n) is 3.27. The van der Waals surface area contributed by atoms with Crippen LogP contribution in [0.3, 0.4) is 0 Å². The maximum absolute atomic E-state index is 12.5. The molecule has 0 unspecified atom stereocenters. The van der Waals surface area contributed by atoms with E-state index in [0.717, 1.165) is 15.0 Å². The highest BCUT2D eigenvalue weighted by molar-refractivity contribution is 7.89. The number of benzene rings is 1. The van der Waals surface area contributed by atoms with Crippen LogP contribution in [0, 0.1) is 0 Å². The van der Waals surface area contributed by atoms with Gasteiger partial charge in [0.15, 0.2) is 0 Å². The van der Waals surface area contributed by atoms with Crippen molar-refractivity contribution in [3.63, 3.8) is 0 Å². The Kier molecular flexibility index (Phi) is 6.25. The van der Waals surface area contributed by atoms with Crippen molar-refractivity contribution in [2.75, 3.05) is 25.9 Å². The number of hydrogen-bond donors (Lipinski definition) is 0. The van der Waals surface area contributed by atoms with Crippen LogP contribution in [-0.4, -0.2) is 55.5 Å². The Balaban J connectivity index is 1.62. The molecule has 1 aromatic heterocycles. The van der Waals surface area contributed by atoms with E-state index >= 15 is 0 Å². The molecule has 1 saturated heterocycles. The number of carbonyl (C=O) groups excluding carboxylic acids is 1. The molecular weight excluding hydrogens is 404 g/mol. The van der Waals surface area contributed by atoms with Crippen molar-refractivity contribution in [3.05, 3.63) is 40.2 Å². The quantitative estimate of drug-likeness (QED) is 0.682. The number of nitrogens with zero attached hydrogens (tertiary/aromatic N) is 2. The predicted octanol–water partition coefficient (Wildman–Crippen LogP) is 3.84. The average molecular weight is 427 g/mol. The highest BCUT2D eigenvalue weighted by Crippen LogP contribution is 2.36. The lowest BCUT2D eigenvalue weighted by Crippen LogP contribution is -2.47. The summed E-state index contributed by atoms with van der Waals surface area (Å²) in [6, 6.07) is 7.85. The maximum Gasteiger partial charge on any atom is 0.246 e. The van der Waals surface area contributed by atoms with Gasteiger partial charge in [-0.15, -0.1) is 11.3 Å². The lowest BCUT2D eigenvalue weighted by atomic mass is 10.1. The van der Waals surface area contributed by atoms with Crippen LogP contribution in [0.2, 0.25) is 5.02 Å². The van der Waals surface area contributed by atoms with Gasteiger partial charge in [0.25, 0.3) is 0 Å². The van der Waals surface area contributed by atoms with Crippen molar-refractivity contribution < 1.29 is 13.2 Å². The number of halogens is 1. The van der Waals surface area contributed by atoms with E-state index in [1.165, 1.54) is 4.31 Å². The second-order valence-electron chi connectivity index (χ2n) is 6.58. The summed E-state index contributed by atoms with van der Waals surface area (Å²) in [6.45, 7) is 2.75. The van der Waals surface area contributed by atoms with E-state index in [9.17, 15) is 13.2 Å². The number of sulfonamides is 1.